The van der Waals surface area contributed by atoms with E-state index in [0.717, 1.165) is 6.07 Å². The summed E-state index contributed by atoms with van der Waals surface area (Å²) in [5.74, 6) is -2.87. The van der Waals surface area contributed by atoms with Crippen LogP contribution in [0.2, 0.25) is 0 Å². The quantitative estimate of drug-likeness (QED) is 0.675. The van der Waals surface area contributed by atoms with Gasteiger partial charge in [-0.2, -0.15) is 4.39 Å². The summed E-state index contributed by atoms with van der Waals surface area (Å²) in [4.78, 5) is 0. The Balaban J connectivity index is 3.16. The van der Waals surface area contributed by atoms with E-state index in [2.05, 4.69) is 6.58 Å². The van der Waals surface area contributed by atoms with Crippen molar-refractivity contribution in [1.82, 2.24) is 0 Å². The molecule has 0 amide bonds. The molecule has 0 aromatic heterocycles. The molecule has 1 nitrogen and oxygen atoms in total. The fourth-order valence-electron chi connectivity index (χ4n) is 0.900. The number of allylic oxidation sites excluding steroid dienone is 1. The van der Waals surface area contributed by atoms with Crippen molar-refractivity contribution < 1.29 is 13.9 Å². The predicted octanol–water partition coefficient (Wildman–Crippen LogP) is 2.40. The maximum absolute atomic E-state index is 12.7. The Morgan fingerprint density at radius 2 is 2.08 bits per heavy atom. The van der Waals surface area contributed by atoms with Gasteiger partial charge in [0.25, 0.3) is 0 Å². The standard InChI is InChI=1S/C9H8F2O/c1-2-3-6-4-5-7(10)8(11)9(6)12/h2,4-5,12H,1,3H2. The number of phenolic OH excluding ortho intramolecular Hbond substituents is 1. The zero-order valence-corrected chi connectivity index (χ0v) is 6.35. The highest BCUT2D eigenvalue weighted by molar-refractivity contribution is 5.35. The summed E-state index contributed by atoms with van der Waals surface area (Å²) >= 11 is 0. The molecule has 0 heterocycles. The zero-order chi connectivity index (χ0) is 9.14. The molecule has 0 aliphatic carbocycles. The maximum atomic E-state index is 12.7. The molecule has 0 atom stereocenters. The second kappa shape index (κ2) is 3.34. The van der Waals surface area contributed by atoms with Crippen molar-refractivity contribution in [1.29, 1.82) is 0 Å². The lowest BCUT2D eigenvalue weighted by Gasteiger charge is -2.02. The summed E-state index contributed by atoms with van der Waals surface area (Å²) in [6, 6.07) is 2.31. The van der Waals surface area contributed by atoms with Crippen LogP contribution in [-0.2, 0) is 6.42 Å². The van der Waals surface area contributed by atoms with Crippen LogP contribution in [0.5, 0.6) is 5.75 Å². The molecule has 0 aliphatic heterocycles. The van der Waals surface area contributed by atoms with E-state index in [9.17, 15) is 8.78 Å². The molecule has 0 radical (unpaired) electrons. The summed E-state index contributed by atoms with van der Waals surface area (Å²) in [6.45, 7) is 3.42. The third-order valence-corrected chi connectivity index (χ3v) is 1.52. The highest BCUT2D eigenvalue weighted by Gasteiger charge is 2.10. The molecule has 64 valence electrons. The van der Waals surface area contributed by atoms with Crippen molar-refractivity contribution >= 4 is 0 Å². The van der Waals surface area contributed by atoms with Gasteiger partial charge < -0.3 is 5.11 Å². The number of aromatic hydroxyl groups is 1. The van der Waals surface area contributed by atoms with Crippen LogP contribution in [0.15, 0.2) is 24.8 Å². The molecule has 0 unspecified atom stereocenters. The fraction of sp³-hybridized carbons (Fsp3) is 0.111. The number of phenols is 1. The first kappa shape index (κ1) is 8.71. The molecule has 12 heavy (non-hydrogen) atoms. The van der Waals surface area contributed by atoms with E-state index >= 15 is 0 Å². The van der Waals surface area contributed by atoms with Crippen LogP contribution in [0.4, 0.5) is 8.78 Å². The van der Waals surface area contributed by atoms with Crippen molar-refractivity contribution in [3.05, 3.63) is 42.0 Å². The number of hydrogen-bond acceptors (Lipinski definition) is 1. The smallest absolute Gasteiger partial charge is 0.200 e. The Hall–Kier alpha value is -1.38. The van der Waals surface area contributed by atoms with Gasteiger partial charge in [0.05, 0.1) is 0 Å². The minimum Gasteiger partial charge on any atom is -0.505 e. The highest BCUT2D eigenvalue weighted by atomic mass is 19.2. The van der Waals surface area contributed by atoms with E-state index in [4.69, 9.17) is 5.11 Å². The SMILES string of the molecule is C=CCc1ccc(F)c(F)c1O. The molecule has 3 heteroatoms. The molecule has 0 spiro atoms. The molecule has 1 aromatic rings. The average Bonchev–Trinajstić information content (AvgIpc) is 2.07. The van der Waals surface area contributed by atoms with Crippen LogP contribution in [-0.4, -0.2) is 5.11 Å². The molecule has 1 aromatic carbocycles. The maximum Gasteiger partial charge on any atom is 0.200 e. The summed E-state index contributed by atoms with van der Waals surface area (Å²) in [5, 5.41) is 9.05. The van der Waals surface area contributed by atoms with Gasteiger partial charge in [-0.15, -0.1) is 6.58 Å². The first-order valence-electron chi connectivity index (χ1n) is 3.43. The predicted molar refractivity (Wildman–Crippen MR) is 41.9 cm³/mol. The van der Waals surface area contributed by atoms with E-state index < -0.39 is 17.4 Å². The Labute approximate surface area is 69.0 Å². The normalized spacial score (nSPS) is 9.83. The van der Waals surface area contributed by atoms with Crippen LogP contribution in [0, 0.1) is 11.6 Å². The first-order chi connectivity index (χ1) is 5.66. The van der Waals surface area contributed by atoms with Gasteiger partial charge in [-0.1, -0.05) is 12.1 Å². The van der Waals surface area contributed by atoms with Crippen LogP contribution in [0.25, 0.3) is 0 Å². The fourth-order valence-corrected chi connectivity index (χ4v) is 0.900. The van der Waals surface area contributed by atoms with Gasteiger partial charge in [0.15, 0.2) is 11.6 Å². The lowest BCUT2D eigenvalue weighted by atomic mass is 10.1. The van der Waals surface area contributed by atoms with Crippen LogP contribution in [0.3, 0.4) is 0 Å². The molecular formula is C9H8F2O. The van der Waals surface area contributed by atoms with Gasteiger partial charge in [-0.3, -0.25) is 0 Å². The molecular weight excluding hydrogens is 162 g/mol. The van der Waals surface area contributed by atoms with Gasteiger partial charge in [0.1, 0.15) is 0 Å². The van der Waals surface area contributed by atoms with Gasteiger partial charge in [0.2, 0.25) is 5.82 Å². The largest absolute Gasteiger partial charge is 0.505 e. The van der Waals surface area contributed by atoms with E-state index in [-0.39, 0.29) is 0 Å². The van der Waals surface area contributed by atoms with E-state index in [1.165, 1.54) is 12.1 Å². The summed E-state index contributed by atoms with van der Waals surface area (Å²) in [5.41, 5.74) is 0.337. The average molecular weight is 170 g/mol. The first-order valence-corrected chi connectivity index (χ1v) is 3.43. The Kier molecular flexibility index (Phi) is 2.43. The molecule has 1 N–H and O–H groups in total. The molecule has 1 rings (SSSR count). The summed E-state index contributed by atoms with van der Waals surface area (Å²) in [6.07, 6.45) is 1.83. The lowest BCUT2D eigenvalue weighted by Crippen LogP contribution is -1.90. The Bertz CT molecular complexity index is 308. The van der Waals surface area contributed by atoms with Crippen molar-refractivity contribution in [2.24, 2.45) is 0 Å². The minimum absolute atomic E-state index is 0.322. The molecule has 0 bridgehead atoms. The van der Waals surface area contributed by atoms with Crippen molar-refractivity contribution in [3.8, 4) is 5.75 Å². The summed E-state index contributed by atoms with van der Waals surface area (Å²) < 4.78 is 25.1. The molecule has 0 fully saturated rings. The highest BCUT2D eigenvalue weighted by Crippen LogP contribution is 2.23. The summed E-state index contributed by atoms with van der Waals surface area (Å²) in [7, 11) is 0. The second-order valence-electron chi connectivity index (χ2n) is 2.36. The number of halogens is 2. The van der Waals surface area contributed by atoms with E-state index in [0.29, 0.717) is 12.0 Å². The third-order valence-electron chi connectivity index (χ3n) is 1.52. The number of hydrogen-bond donors (Lipinski definition) is 1. The van der Waals surface area contributed by atoms with E-state index in [1.807, 2.05) is 0 Å². The zero-order valence-electron chi connectivity index (χ0n) is 6.35. The lowest BCUT2D eigenvalue weighted by molar-refractivity contribution is 0.402. The molecule has 0 saturated carbocycles. The van der Waals surface area contributed by atoms with Crippen molar-refractivity contribution in [2.45, 2.75) is 6.42 Å². The Morgan fingerprint density at radius 1 is 1.42 bits per heavy atom. The van der Waals surface area contributed by atoms with Crippen LogP contribution < -0.4 is 0 Å². The monoisotopic (exact) mass is 170 g/mol. The second-order valence-corrected chi connectivity index (χ2v) is 2.36. The van der Waals surface area contributed by atoms with Crippen LogP contribution >= 0.6 is 0 Å². The number of benzene rings is 1. The van der Waals surface area contributed by atoms with Crippen molar-refractivity contribution in [3.63, 3.8) is 0 Å². The van der Waals surface area contributed by atoms with Gasteiger partial charge in [-0.05, 0) is 12.5 Å². The topological polar surface area (TPSA) is 20.2 Å². The van der Waals surface area contributed by atoms with E-state index in [1.54, 1.807) is 0 Å². The number of rotatable bonds is 2. The third kappa shape index (κ3) is 1.44. The van der Waals surface area contributed by atoms with Gasteiger partial charge >= 0.3 is 0 Å². The van der Waals surface area contributed by atoms with Crippen molar-refractivity contribution in [2.75, 3.05) is 0 Å². The van der Waals surface area contributed by atoms with Gasteiger partial charge in [-0.25, -0.2) is 4.39 Å². The molecule has 0 aliphatic rings. The van der Waals surface area contributed by atoms with Gasteiger partial charge in [0, 0.05) is 5.56 Å². The Morgan fingerprint density at radius 3 is 2.67 bits per heavy atom. The molecule has 0 saturated heterocycles. The van der Waals surface area contributed by atoms with Crippen LogP contribution in [0.1, 0.15) is 5.56 Å². The minimum atomic E-state index is -1.20.